The highest BCUT2D eigenvalue weighted by atomic mass is 35.5. The number of nitrogens with one attached hydrogen (secondary N) is 1. The molecule has 0 radical (unpaired) electrons. The second kappa shape index (κ2) is 14.8. The molecule has 0 unspecified atom stereocenters. The second-order valence-corrected chi connectivity index (χ2v) is 6.86. The Kier molecular flexibility index (Phi) is 14.2. The summed E-state index contributed by atoms with van der Waals surface area (Å²) < 4.78 is 11.9. The van der Waals surface area contributed by atoms with E-state index >= 15 is 0 Å². The van der Waals surface area contributed by atoms with Crippen LogP contribution in [0.2, 0.25) is 5.02 Å². The molecule has 2 aromatic rings. The first kappa shape index (κ1) is 26.8. The van der Waals surface area contributed by atoms with Gasteiger partial charge in [0.1, 0.15) is 6.61 Å². The maximum atomic E-state index is 6.13. The highest BCUT2D eigenvalue weighted by molar-refractivity contribution is 6.30. The monoisotopic (exact) mass is 448 g/mol. The van der Waals surface area contributed by atoms with Gasteiger partial charge in [0.05, 0.1) is 6.61 Å². The van der Waals surface area contributed by atoms with Gasteiger partial charge in [-0.1, -0.05) is 35.9 Å². The van der Waals surface area contributed by atoms with Crippen molar-refractivity contribution in [3.8, 4) is 11.5 Å². The van der Waals surface area contributed by atoms with Gasteiger partial charge < -0.3 is 19.7 Å². The molecule has 0 amide bonds. The Balaban J connectivity index is 0.00000364. The molecular formula is C21H31Cl3N2O2. The quantitative estimate of drug-likeness (QED) is 0.478. The number of hydrogen-bond donors (Lipinski definition) is 1. The van der Waals surface area contributed by atoms with E-state index in [1.54, 1.807) is 0 Å². The lowest BCUT2D eigenvalue weighted by Crippen LogP contribution is -2.21. The van der Waals surface area contributed by atoms with Crippen molar-refractivity contribution in [3.63, 3.8) is 0 Å². The summed E-state index contributed by atoms with van der Waals surface area (Å²) in [6.07, 6.45) is 1.11. The van der Waals surface area contributed by atoms with Gasteiger partial charge in [-0.05, 0) is 64.3 Å². The average Bonchev–Trinajstić information content (AvgIpc) is 2.62. The van der Waals surface area contributed by atoms with Crippen molar-refractivity contribution in [1.82, 2.24) is 10.2 Å². The van der Waals surface area contributed by atoms with Crippen molar-refractivity contribution in [2.24, 2.45) is 0 Å². The summed E-state index contributed by atoms with van der Waals surface area (Å²) >= 11 is 5.95. The largest absolute Gasteiger partial charge is 0.490 e. The molecule has 0 fully saturated rings. The van der Waals surface area contributed by atoms with E-state index in [-0.39, 0.29) is 24.8 Å². The number of halogens is 3. The van der Waals surface area contributed by atoms with E-state index in [0.29, 0.717) is 13.2 Å². The van der Waals surface area contributed by atoms with Crippen LogP contribution in [0.3, 0.4) is 0 Å². The van der Waals surface area contributed by atoms with Gasteiger partial charge in [-0.3, -0.25) is 0 Å². The first-order valence-electron chi connectivity index (χ1n) is 9.07. The summed E-state index contributed by atoms with van der Waals surface area (Å²) in [4.78, 5) is 2.19. The molecule has 0 saturated heterocycles. The Bertz CT molecular complexity index is 667. The van der Waals surface area contributed by atoms with E-state index in [4.69, 9.17) is 21.1 Å². The van der Waals surface area contributed by atoms with Crippen LogP contribution in [-0.2, 0) is 13.2 Å². The zero-order valence-electron chi connectivity index (χ0n) is 16.7. The highest BCUT2D eigenvalue weighted by Crippen LogP contribution is 2.32. The molecule has 0 heterocycles. The van der Waals surface area contributed by atoms with E-state index < -0.39 is 0 Å². The van der Waals surface area contributed by atoms with Gasteiger partial charge in [0, 0.05) is 17.1 Å². The molecule has 0 aliphatic carbocycles. The smallest absolute Gasteiger partial charge is 0.166 e. The van der Waals surface area contributed by atoms with Gasteiger partial charge in [0.15, 0.2) is 11.5 Å². The van der Waals surface area contributed by atoms with Crippen molar-refractivity contribution >= 4 is 36.4 Å². The molecule has 2 aromatic carbocycles. The van der Waals surface area contributed by atoms with Crippen LogP contribution in [0.4, 0.5) is 0 Å². The Morgan fingerprint density at radius 2 is 1.71 bits per heavy atom. The summed E-state index contributed by atoms with van der Waals surface area (Å²) in [5, 5.41) is 4.22. The lowest BCUT2D eigenvalue weighted by atomic mass is 10.1. The number of ether oxygens (including phenoxy) is 2. The topological polar surface area (TPSA) is 33.7 Å². The third kappa shape index (κ3) is 9.35. The maximum absolute atomic E-state index is 6.13. The second-order valence-electron chi connectivity index (χ2n) is 6.43. The van der Waals surface area contributed by atoms with Gasteiger partial charge in [0.2, 0.25) is 0 Å². The van der Waals surface area contributed by atoms with Crippen LogP contribution in [0.5, 0.6) is 11.5 Å². The van der Waals surface area contributed by atoms with Crippen molar-refractivity contribution in [3.05, 3.63) is 58.6 Å². The van der Waals surface area contributed by atoms with E-state index in [1.165, 1.54) is 0 Å². The van der Waals surface area contributed by atoms with Crippen LogP contribution in [-0.4, -0.2) is 38.7 Å². The number of nitrogens with zero attached hydrogens (tertiary/aromatic N) is 1. The van der Waals surface area contributed by atoms with E-state index in [0.717, 1.165) is 53.7 Å². The fraction of sp³-hybridized carbons (Fsp3) is 0.429. The zero-order chi connectivity index (χ0) is 18.8. The summed E-state index contributed by atoms with van der Waals surface area (Å²) in [7, 11) is 4.18. The van der Waals surface area contributed by atoms with Crippen LogP contribution in [0.25, 0.3) is 0 Å². The summed E-state index contributed by atoms with van der Waals surface area (Å²) in [5.41, 5.74) is 2.18. The first-order chi connectivity index (χ1) is 12.6. The molecule has 0 aliphatic rings. The van der Waals surface area contributed by atoms with Gasteiger partial charge in [-0.25, -0.2) is 0 Å². The fourth-order valence-electron chi connectivity index (χ4n) is 2.61. The van der Waals surface area contributed by atoms with E-state index in [1.807, 2.05) is 43.3 Å². The minimum absolute atomic E-state index is 0. The van der Waals surface area contributed by atoms with Gasteiger partial charge >= 0.3 is 0 Å². The molecule has 28 heavy (non-hydrogen) atoms. The van der Waals surface area contributed by atoms with Gasteiger partial charge in [-0.15, -0.1) is 24.8 Å². The van der Waals surface area contributed by atoms with Crippen LogP contribution in [0.1, 0.15) is 24.5 Å². The van der Waals surface area contributed by atoms with Crippen molar-refractivity contribution in [2.45, 2.75) is 26.5 Å². The lowest BCUT2D eigenvalue weighted by molar-refractivity contribution is 0.266. The molecule has 0 aromatic heterocycles. The predicted molar refractivity (Wildman–Crippen MR) is 123 cm³/mol. The summed E-state index contributed by atoms with van der Waals surface area (Å²) in [6.45, 7) is 5.87. The molecular weight excluding hydrogens is 419 g/mol. The van der Waals surface area contributed by atoms with Crippen molar-refractivity contribution in [1.29, 1.82) is 0 Å². The first-order valence-corrected chi connectivity index (χ1v) is 9.45. The summed E-state index contributed by atoms with van der Waals surface area (Å²) in [5.74, 6) is 1.60. The third-order valence-electron chi connectivity index (χ3n) is 3.93. The van der Waals surface area contributed by atoms with Crippen LogP contribution in [0.15, 0.2) is 42.5 Å². The third-order valence-corrected chi connectivity index (χ3v) is 4.18. The van der Waals surface area contributed by atoms with Crippen molar-refractivity contribution in [2.75, 3.05) is 33.8 Å². The SMILES string of the molecule is CCOc1cccc(CNCCCN(C)C)c1OCc1ccc(Cl)cc1.Cl.Cl. The van der Waals surface area contributed by atoms with E-state index in [9.17, 15) is 0 Å². The number of rotatable bonds is 11. The number of hydrogen-bond acceptors (Lipinski definition) is 4. The zero-order valence-corrected chi connectivity index (χ0v) is 19.1. The van der Waals surface area contributed by atoms with Crippen LogP contribution in [0, 0.1) is 0 Å². The molecule has 1 N–H and O–H groups in total. The lowest BCUT2D eigenvalue weighted by Gasteiger charge is -2.17. The Hall–Kier alpha value is -1.17. The molecule has 7 heteroatoms. The molecule has 158 valence electrons. The minimum Gasteiger partial charge on any atom is -0.490 e. The summed E-state index contributed by atoms with van der Waals surface area (Å²) in [6, 6.07) is 13.8. The van der Waals surface area contributed by atoms with E-state index in [2.05, 4.69) is 30.4 Å². The Labute approximate surface area is 186 Å². The predicted octanol–water partition coefficient (Wildman–Crippen LogP) is 5.20. The fourth-order valence-corrected chi connectivity index (χ4v) is 2.74. The number of para-hydroxylation sites is 1. The minimum atomic E-state index is 0. The van der Waals surface area contributed by atoms with Gasteiger partial charge in [-0.2, -0.15) is 0 Å². The normalized spacial score (nSPS) is 10.2. The Morgan fingerprint density at radius 3 is 2.36 bits per heavy atom. The van der Waals surface area contributed by atoms with Gasteiger partial charge in [0.25, 0.3) is 0 Å². The standard InChI is InChI=1S/C21H29ClN2O2.2ClH/c1-4-25-20-8-5-7-18(15-23-13-6-14-24(2)3)21(20)26-16-17-9-11-19(22)12-10-17;;/h5,7-12,23H,4,6,13-16H2,1-3H3;2*1H. The molecule has 0 saturated carbocycles. The van der Waals surface area contributed by atoms with Crippen LogP contribution >= 0.6 is 36.4 Å². The average molecular weight is 450 g/mol. The molecule has 0 aliphatic heterocycles. The molecule has 0 spiro atoms. The highest BCUT2D eigenvalue weighted by Gasteiger charge is 2.11. The molecule has 4 nitrogen and oxygen atoms in total. The number of benzene rings is 2. The van der Waals surface area contributed by atoms with Crippen molar-refractivity contribution < 1.29 is 9.47 Å². The molecule has 0 bridgehead atoms. The molecule has 0 atom stereocenters. The maximum Gasteiger partial charge on any atom is 0.166 e. The Morgan fingerprint density at radius 1 is 1.00 bits per heavy atom. The molecule has 2 rings (SSSR count). The van der Waals surface area contributed by atoms with Crippen LogP contribution < -0.4 is 14.8 Å².